The number of fused-ring (bicyclic) bond motifs is 1. The van der Waals surface area contributed by atoms with Gasteiger partial charge in [0.15, 0.2) is 5.76 Å². The number of nitrogens with one attached hydrogen (secondary N) is 1. The standard InChI is InChI=1S/C21H22N2O4/c1-21(2,20(22)25)13-23-19(24)18-10-9-17(27-18)12-26-16-8-7-14-5-3-4-6-15(14)11-16/h3-11H,12-13H2,1-2H3,(H2,22,25)(H,23,24). The minimum atomic E-state index is -0.829. The van der Waals surface area contributed by atoms with Crippen LogP contribution in [0.5, 0.6) is 5.75 Å². The molecule has 6 nitrogen and oxygen atoms in total. The van der Waals surface area contributed by atoms with Crippen molar-refractivity contribution in [1.29, 1.82) is 0 Å². The molecule has 140 valence electrons. The maximum Gasteiger partial charge on any atom is 0.287 e. The lowest BCUT2D eigenvalue weighted by Gasteiger charge is -2.20. The van der Waals surface area contributed by atoms with Crippen molar-refractivity contribution in [1.82, 2.24) is 5.32 Å². The summed E-state index contributed by atoms with van der Waals surface area (Å²) < 4.78 is 11.3. The van der Waals surface area contributed by atoms with Crippen molar-refractivity contribution in [3.63, 3.8) is 0 Å². The van der Waals surface area contributed by atoms with Crippen LogP contribution in [0.25, 0.3) is 10.8 Å². The average molecular weight is 366 g/mol. The minimum Gasteiger partial charge on any atom is -0.486 e. The number of amides is 2. The molecule has 1 heterocycles. The van der Waals surface area contributed by atoms with Crippen LogP contribution in [-0.2, 0) is 11.4 Å². The molecule has 1 aromatic heterocycles. The van der Waals surface area contributed by atoms with E-state index in [1.54, 1.807) is 26.0 Å². The van der Waals surface area contributed by atoms with E-state index in [2.05, 4.69) is 5.32 Å². The highest BCUT2D eigenvalue weighted by atomic mass is 16.5. The molecule has 0 unspecified atom stereocenters. The number of ether oxygens (including phenoxy) is 1. The number of hydrogen-bond acceptors (Lipinski definition) is 4. The first kappa shape index (κ1) is 18.5. The Hall–Kier alpha value is -3.28. The third-order valence-electron chi connectivity index (χ3n) is 4.35. The van der Waals surface area contributed by atoms with Crippen LogP contribution in [0.3, 0.4) is 0 Å². The van der Waals surface area contributed by atoms with Crippen LogP contribution in [0.1, 0.15) is 30.2 Å². The van der Waals surface area contributed by atoms with Crippen molar-refractivity contribution in [3.05, 3.63) is 66.1 Å². The summed E-state index contributed by atoms with van der Waals surface area (Å²) >= 11 is 0. The first-order chi connectivity index (χ1) is 12.8. The Bertz CT molecular complexity index is 975. The summed E-state index contributed by atoms with van der Waals surface area (Å²) in [4.78, 5) is 23.5. The first-order valence-corrected chi connectivity index (χ1v) is 8.63. The van der Waals surface area contributed by atoms with Gasteiger partial charge in [0.2, 0.25) is 5.91 Å². The number of hydrogen-bond donors (Lipinski definition) is 2. The second-order valence-electron chi connectivity index (χ2n) is 6.99. The summed E-state index contributed by atoms with van der Waals surface area (Å²) in [6.45, 7) is 3.67. The number of primary amides is 1. The van der Waals surface area contributed by atoms with E-state index in [0.717, 1.165) is 16.5 Å². The number of furan rings is 1. The summed E-state index contributed by atoms with van der Waals surface area (Å²) in [5.41, 5.74) is 4.47. The molecule has 0 saturated carbocycles. The molecule has 0 bridgehead atoms. The van der Waals surface area contributed by atoms with Crippen LogP contribution < -0.4 is 15.8 Å². The third kappa shape index (κ3) is 4.47. The SMILES string of the molecule is CC(C)(CNC(=O)c1ccc(COc2ccc3ccccc3c2)o1)C(N)=O. The van der Waals surface area contributed by atoms with Crippen molar-refractivity contribution >= 4 is 22.6 Å². The lowest BCUT2D eigenvalue weighted by molar-refractivity contribution is -0.125. The van der Waals surface area contributed by atoms with E-state index >= 15 is 0 Å². The molecule has 2 aromatic carbocycles. The van der Waals surface area contributed by atoms with Gasteiger partial charge in [0.1, 0.15) is 18.1 Å². The molecule has 3 aromatic rings. The quantitative estimate of drug-likeness (QED) is 0.671. The second-order valence-corrected chi connectivity index (χ2v) is 6.99. The lowest BCUT2D eigenvalue weighted by atomic mass is 9.93. The monoisotopic (exact) mass is 366 g/mol. The van der Waals surface area contributed by atoms with Crippen LogP contribution in [0.2, 0.25) is 0 Å². The van der Waals surface area contributed by atoms with Crippen LogP contribution in [0.4, 0.5) is 0 Å². The average Bonchev–Trinajstić information content (AvgIpc) is 3.13. The number of nitrogens with two attached hydrogens (primary N) is 1. The Kier molecular flexibility index (Phi) is 5.16. The zero-order chi connectivity index (χ0) is 19.4. The number of rotatable bonds is 7. The van der Waals surface area contributed by atoms with Gasteiger partial charge in [-0.1, -0.05) is 30.3 Å². The van der Waals surface area contributed by atoms with E-state index in [1.807, 2.05) is 42.5 Å². The molecule has 3 rings (SSSR count). The molecule has 0 aliphatic heterocycles. The fourth-order valence-electron chi connectivity index (χ4n) is 2.46. The Balaban J connectivity index is 1.58. The van der Waals surface area contributed by atoms with Gasteiger partial charge in [0.25, 0.3) is 5.91 Å². The van der Waals surface area contributed by atoms with E-state index < -0.39 is 17.2 Å². The predicted octanol–water partition coefficient (Wildman–Crippen LogP) is 3.25. The Morgan fingerprint density at radius 2 is 1.81 bits per heavy atom. The minimum absolute atomic E-state index is 0.130. The van der Waals surface area contributed by atoms with Crippen molar-refractivity contribution in [3.8, 4) is 5.75 Å². The Morgan fingerprint density at radius 3 is 2.56 bits per heavy atom. The van der Waals surface area contributed by atoms with E-state index in [1.165, 1.54) is 0 Å². The molecule has 0 saturated heterocycles. The summed E-state index contributed by atoms with van der Waals surface area (Å²) in [5.74, 6) is 0.530. The van der Waals surface area contributed by atoms with Gasteiger partial charge >= 0.3 is 0 Å². The number of carbonyl (C=O) groups is 2. The molecular weight excluding hydrogens is 344 g/mol. The van der Waals surface area contributed by atoms with Crippen molar-refractivity contribution in [2.24, 2.45) is 11.1 Å². The molecule has 0 atom stereocenters. The van der Waals surface area contributed by atoms with Crippen LogP contribution in [-0.4, -0.2) is 18.4 Å². The molecule has 0 spiro atoms. The van der Waals surface area contributed by atoms with E-state index in [4.69, 9.17) is 14.9 Å². The fraction of sp³-hybridized carbons (Fsp3) is 0.238. The molecule has 27 heavy (non-hydrogen) atoms. The Labute approximate surface area is 157 Å². The maximum absolute atomic E-state index is 12.2. The van der Waals surface area contributed by atoms with Crippen molar-refractivity contribution in [2.45, 2.75) is 20.5 Å². The van der Waals surface area contributed by atoms with Crippen LogP contribution in [0.15, 0.2) is 59.0 Å². The number of carbonyl (C=O) groups excluding carboxylic acids is 2. The highest BCUT2D eigenvalue weighted by Gasteiger charge is 2.26. The van der Waals surface area contributed by atoms with E-state index in [0.29, 0.717) is 5.76 Å². The molecular formula is C21H22N2O4. The van der Waals surface area contributed by atoms with Crippen LogP contribution in [0, 0.1) is 5.41 Å². The second kappa shape index (κ2) is 7.53. The van der Waals surface area contributed by atoms with Gasteiger partial charge in [0.05, 0.1) is 5.41 Å². The lowest BCUT2D eigenvalue weighted by Crippen LogP contribution is -2.42. The van der Waals surface area contributed by atoms with Gasteiger partial charge in [-0.2, -0.15) is 0 Å². The summed E-state index contributed by atoms with van der Waals surface area (Å²) in [6, 6.07) is 17.1. The number of benzene rings is 2. The largest absolute Gasteiger partial charge is 0.486 e. The van der Waals surface area contributed by atoms with Gasteiger partial charge < -0.3 is 20.2 Å². The van der Waals surface area contributed by atoms with Crippen molar-refractivity contribution < 1.29 is 18.7 Å². The third-order valence-corrected chi connectivity index (χ3v) is 4.35. The van der Waals surface area contributed by atoms with Gasteiger partial charge in [-0.15, -0.1) is 0 Å². The molecule has 3 N–H and O–H groups in total. The topological polar surface area (TPSA) is 94.6 Å². The smallest absolute Gasteiger partial charge is 0.287 e. The molecule has 2 amide bonds. The normalized spacial score (nSPS) is 11.3. The maximum atomic E-state index is 12.2. The van der Waals surface area contributed by atoms with Gasteiger partial charge in [-0.3, -0.25) is 9.59 Å². The zero-order valence-corrected chi connectivity index (χ0v) is 15.3. The highest BCUT2D eigenvalue weighted by molar-refractivity contribution is 5.92. The summed E-state index contributed by atoms with van der Waals surface area (Å²) in [7, 11) is 0. The van der Waals surface area contributed by atoms with Gasteiger partial charge in [0, 0.05) is 6.54 Å². The highest BCUT2D eigenvalue weighted by Crippen LogP contribution is 2.22. The van der Waals surface area contributed by atoms with E-state index in [9.17, 15) is 9.59 Å². The molecule has 0 radical (unpaired) electrons. The summed E-state index contributed by atoms with van der Waals surface area (Å²) in [6.07, 6.45) is 0. The van der Waals surface area contributed by atoms with Crippen molar-refractivity contribution in [2.75, 3.05) is 6.54 Å². The summed E-state index contributed by atoms with van der Waals surface area (Å²) in [5, 5.41) is 4.88. The molecule has 0 fully saturated rings. The fourth-order valence-corrected chi connectivity index (χ4v) is 2.46. The zero-order valence-electron chi connectivity index (χ0n) is 15.3. The first-order valence-electron chi connectivity index (χ1n) is 8.63. The van der Waals surface area contributed by atoms with E-state index in [-0.39, 0.29) is 18.9 Å². The molecule has 0 aliphatic rings. The van der Waals surface area contributed by atoms with Gasteiger partial charge in [-0.05, 0) is 48.9 Å². The van der Waals surface area contributed by atoms with Gasteiger partial charge in [-0.25, -0.2) is 0 Å². The molecule has 0 aliphatic carbocycles. The molecule has 6 heteroatoms. The predicted molar refractivity (Wildman–Crippen MR) is 102 cm³/mol. The van der Waals surface area contributed by atoms with Crippen LogP contribution >= 0.6 is 0 Å². The Morgan fingerprint density at radius 1 is 1.07 bits per heavy atom.